The summed E-state index contributed by atoms with van der Waals surface area (Å²) in [7, 11) is 0. The number of anilines is 1. The second kappa shape index (κ2) is 5.79. The van der Waals surface area contributed by atoms with Crippen LogP contribution < -0.4 is 4.90 Å². The molecule has 2 saturated heterocycles. The number of fused-ring (bicyclic) bond motifs is 2. The van der Waals surface area contributed by atoms with Crippen LogP contribution in [0.15, 0.2) is 66.8 Å². The van der Waals surface area contributed by atoms with Crippen molar-refractivity contribution in [2.24, 2.45) is 11.8 Å². The molecular weight excluding hydrogens is 354 g/mol. The van der Waals surface area contributed by atoms with Crippen LogP contribution in [-0.4, -0.2) is 34.7 Å². The van der Waals surface area contributed by atoms with Crippen LogP contribution in [0.5, 0.6) is 0 Å². The predicted octanol–water partition coefficient (Wildman–Crippen LogP) is 3.55. The van der Waals surface area contributed by atoms with E-state index in [2.05, 4.69) is 6.58 Å². The maximum Gasteiger partial charge on any atom is 0.310 e. The molecule has 1 spiro atoms. The molecule has 0 unspecified atom stereocenters. The summed E-state index contributed by atoms with van der Waals surface area (Å²) in [6, 6.07) is 13.4. The van der Waals surface area contributed by atoms with E-state index in [1.54, 1.807) is 11.0 Å². The number of carboxylic acid groups (broad SMARTS) is 1. The van der Waals surface area contributed by atoms with Crippen LogP contribution in [0.4, 0.5) is 5.69 Å². The van der Waals surface area contributed by atoms with E-state index in [4.69, 9.17) is 4.74 Å². The van der Waals surface area contributed by atoms with E-state index in [1.807, 2.05) is 55.5 Å². The summed E-state index contributed by atoms with van der Waals surface area (Å²) in [5, 5.41) is 11.8. The molecule has 2 aromatic carbocycles. The van der Waals surface area contributed by atoms with Crippen molar-refractivity contribution in [2.45, 2.75) is 31.1 Å². The normalized spacial score (nSPS) is 32.9. The van der Waals surface area contributed by atoms with Crippen molar-refractivity contribution in [1.29, 1.82) is 0 Å². The Balaban J connectivity index is 1.71. The molecule has 3 aliphatic heterocycles. The minimum atomic E-state index is -0.983. The van der Waals surface area contributed by atoms with E-state index in [1.165, 1.54) is 0 Å². The van der Waals surface area contributed by atoms with Crippen molar-refractivity contribution >= 4 is 28.3 Å². The lowest BCUT2D eigenvalue weighted by Crippen LogP contribution is -2.45. The van der Waals surface area contributed by atoms with Gasteiger partial charge in [0.1, 0.15) is 11.5 Å². The fourth-order valence-corrected chi connectivity index (χ4v) is 5.22. The molecule has 1 amide bonds. The van der Waals surface area contributed by atoms with Gasteiger partial charge >= 0.3 is 5.97 Å². The molecule has 142 valence electrons. The van der Waals surface area contributed by atoms with E-state index in [9.17, 15) is 14.7 Å². The minimum Gasteiger partial charge on any atom is -0.481 e. The lowest BCUT2D eigenvalue weighted by molar-refractivity contribution is -0.146. The highest BCUT2D eigenvalue weighted by Crippen LogP contribution is 2.57. The number of carbonyl (C=O) groups is 2. The first-order valence-corrected chi connectivity index (χ1v) is 9.49. The van der Waals surface area contributed by atoms with Gasteiger partial charge in [-0.05, 0) is 24.8 Å². The molecular formula is C23H21NO4. The number of ether oxygens (including phenoxy) is 1. The molecule has 0 aromatic heterocycles. The number of carbonyl (C=O) groups excluding carboxylic acids is 1. The van der Waals surface area contributed by atoms with Gasteiger partial charge in [0, 0.05) is 5.39 Å². The Hall–Kier alpha value is -2.92. The third-order valence-corrected chi connectivity index (χ3v) is 6.27. The summed E-state index contributed by atoms with van der Waals surface area (Å²) in [6.45, 7) is 5.97. The molecule has 5 rings (SSSR count). The molecule has 3 heterocycles. The monoisotopic (exact) mass is 375 g/mol. The van der Waals surface area contributed by atoms with Crippen LogP contribution in [0.25, 0.3) is 10.8 Å². The van der Waals surface area contributed by atoms with Crippen LogP contribution in [0, 0.1) is 11.8 Å². The number of nitrogens with zero attached hydrogens (tertiary/aromatic N) is 1. The zero-order valence-electron chi connectivity index (χ0n) is 15.5. The Morgan fingerprint density at radius 3 is 2.75 bits per heavy atom. The van der Waals surface area contributed by atoms with Crippen molar-refractivity contribution in [3.05, 3.63) is 66.8 Å². The van der Waals surface area contributed by atoms with Gasteiger partial charge < -0.3 is 14.7 Å². The van der Waals surface area contributed by atoms with Crippen molar-refractivity contribution < 1.29 is 19.4 Å². The van der Waals surface area contributed by atoms with Gasteiger partial charge in [0.25, 0.3) is 0 Å². The van der Waals surface area contributed by atoms with Crippen molar-refractivity contribution in [2.75, 3.05) is 4.90 Å². The maximum absolute atomic E-state index is 13.6. The molecule has 28 heavy (non-hydrogen) atoms. The van der Waals surface area contributed by atoms with Gasteiger partial charge in [0.05, 0.1) is 23.8 Å². The smallest absolute Gasteiger partial charge is 0.310 e. The number of benzene rings is 2. The van der Waals surface area contributed by atoms with E-state index in [0.29, 0.717) is 6.42 Å². The fourth-order valence-electron chi connectivity index (χ4n) is 5.22. The third kappa shape index (κ3) is 2.11. The second-order valence-corrected chi connectivity index (χ2v) is 8.02. The Labute approximate surface area is 162 Å². The summed E-state index contributed by atoms with van der Waals surface area (Å²) in [5.41, 5.74) is 0.806. The highest BCUT2D eigenvalue weighted by Gasteiger charge is 2.71. The zero-order valence-corrected chi connectivity index (χ0v) is 15.5. The summed E-state index contributed by atoms with van der Waals surface area (Å²) in [4.78, 5) is 27.4. The zero-order chi connectivity index (χ0) is 19.6. The number of carboxylic acids is 1. The largest absolute Gasteiger partial charge is 0.481 e. The third-order valence-electron chi connectivity index (χ3n) is 6.27. The number of rotatable bonds is 4. The highest BCUT2D eigenvalue weighted by atomic mass is 16.5. The van der Waals surface area contributed by atoms with Gasteiger partial charge in [0.2, 0.25) is 5.91 Å². The summed E-state index contributed by atoms with van der Waals surface area (Å²) < 4.78 is 6.21. The Bertz CT molecular complexity index is 1050. The average molecular weight is 375 g/mol. The fraction of sp³-hybridized carbons (Fsp3) is 0.304. The molecule has 5 atom stereocenters. The summed E-state index contributed by atoms with van der Waals surface area (Å²) in [5.74, 6) is -2.74. The first kappa shape index (κ1) is 17.2. The van der Waals surface area contributed by atoms with Crippen LogP contribution in [0.1, 0.15) is 13.3 Å². The van der Waals surface area contributed by atoms with Gasteiger partial charge in [-0.1, -0.05) is 54.1 Å². The van der Waals surface area contributed by atoms with Gasteiger partial charge in [-0.3, -0.25) is 9.59 Å². The molecule has 5 nitrogen and oxygen atoms in total. The minimum absolute atomic E-state index is 0.179. The molecule has 0 saturated carbocycles. The summed E-state index contributed by atoms with van der Waals surface area (Å²) in [6.07, 6.45) is 3.72. The maximum atomic E-state index is 13.6. The number of hydrogen-bond donors (Lipinski definition) is 1. The predicted molar refractivity (Wildman–Crippen MR) is 106 cm³/mol. The second-order valence-electron chi connectivity index (χ2n) is 8.02. The lowest BCUT2D eigenvalue weighted by Gasteiger charge is -2.34. The summed E-state index contributed by atoms with van der Waals surface area (Å²) >= 11 is 0. The Kier molecular flexibility index (Phi) is 3.55. The van der Waals surface area contributed by atoms with Gasteiger partial charge in [-0.25, -0.2) is 0 Å². The first-order valence-electron chi connectivity index (χ1n) is 9.49. The molecule has 2 aromatic rings. The SMILES string of the molecule is C=C(C)C[C@@H]1N(c2cccc3ccccc23)C(=O)[C@@H]2[C@@H](C(=O)O)[C@@H]3C=C[C@]21O3. The van der Waals surface area contributed by atoms with E-state index in [-0.39, 0.29) is 11.9 Å². The van der Waals surface area contributed by atoms with Gasteiger partial charge in [-0.15, -0.1) is 6.58 Å². The Morgan fingerprint density at radius 2 is 2.00 bits per heavy atom. The molecule has 5 heteroatoms. The number of aliphatic carboxylic acids is 1. The molecule has 2 bridgehead atoms. The van der Waals surface area contributed by atoms with Crippen molar-refractivity contribution in [1.82, 2.24) is 0 Å². The van der Waals surface area contributed by atoms with Crippen molar-refractivity contribution in [3.8, 4) is 0 Å². The van der Waals surface area contributed by atoms with Crippen LogP contribution >= 0.6 is 0 Å². The quantitative estimate of drug-likeness (QED) is 0.830. The van der Waals surface area contributed by atoms with E-state index in [0.717, 1.165) is 22.0 Å². The molecule has 3 aliphatic rings. The number of hydrogen-bond acceptors (Lipinski definition) is 3. The van der Waals surface area contributed by atoms with Crippen LogP contribution in [-0.2, 0) is 14.3 Å². The molecule has 2 fully saturated rings. The first-order chi connectivity index (χ1) is 13.4. The standard InChI is InChI=1S/C23H21NO4/c1-13(2)12-18-23-11-10-17(28-23)19(22(26)27)20(23)21(25)24(18)16-9-5-7-14-6-3-4-8-15(14)16/h3-11,17-20H,1,12H2,2H3,(H,26,27)/t17-,18-,19-,20-,23+/m0/s1. The van der Waals surface area contributed by atoms with E-state index >= 15 is 0 Å². The van der Waals surface area contributed by atoms with Gasteiger partial charge in [-0.2, -0.15) is 0 Å². The van der Waals surface area contributed by atoms with Crippen LogP contribution in [0.2, 0.25) is 0 Å². The van der Waals surface area contributed by atoms with Crippen molar-refractivity contribution in [3.63, 3.8) is 0 Å². The molecule has 1 N–H and O–H groups in total. The van der Waals surface area contributed by atoms with E-state index < -0.39 is 29.5 Å². The highest BCUT2D eigenvalue weighted by molar-refractivity contribution is 6.09. The molecule has 0 aliphatic carbocycles. The molecule has 0 radical (unpaired) electrons. The Morgan fingerprint density at radius 1 is 1.25 bits per heavy atom. The van der Waals surface area contributed by atoms with Gasteiger partial charge in [0.15, 0.2) is 0 Å². The lowest BCUT2D eigenvalue weighted by atomic mass is 9.74. The average Bonchev–Trinajstić information content (AvgIpc) is 3.30. The number of amides is 1. The van der Waals surface area contributed by atoms with Crippen LogP contribution in [0.3, 0.4) is 0 Å². The topological polar surface area (TPSA) is 66.8 Å².